The molecule has 0 bridgehead atoms. The predicted octanol–water partition coefficient (Wildman–Crippen LogP) is 2.53. The minimum atomic E-state index is -0.516. The van der Waals surface area contributed by atoms with Gasteiger partial charge in [-0.05, 0) is 50.9 Å². The molecule has 1 fully saturated rings. The first-order chi connectivity index (χ1) is 8.69. The number of hydrogen-bond acceptors (Lipinski definition) is 2. The second kappa shape index (κ2) is 6.25. The summed E-state index contributed by atoms with van der Waals surface area (Å²) >= 11 is 0. The molecule has 100 valence electrons. The highest BCUT2D eigenvalue weighted by Gasteiger charge is 2.19. The molecule has 1 aromatic rings. The summed E-state index contributed by atoms with van der Waals surface area (Å²) in [4.78, 5) is 2.23. The van der Waals surface area contributed by atoms with Crippen molar-refractivity contribution < 1.29 is 8.78 Å². The number of piperidine rings is 1. The third kappa shape index (κ3) is 3.50. The van der Waals surface area contributed by atoms with Crippen molar-refractivity contribution in [2.24, 2.45) is 11.7 Å². The van der Waals surface area contributed by atoms with E-state index in [4.69, 9.17) is 5.73 Å². The fraction of sp³-hybridized carbons (Fsp3) is 0.571. The summed E-state index contributed by atoms with van der Waals surface area (Å²) in [6.45, 7) is 3.27. The lowest BCUT2D eigenvalue weighted by Gasteiger charge is -2.31. The first kappa shape index (κ1) is 13.4. The van der Waals surface area contributed by atoms with Crippen LogP contribution in [0.25, 0.3) is 0 Å². The van der Waals surface area contributed by atoms with Gasteiger partial charge >= 0.3 is 0 Å². The summed E-state index contributed by atoms with van der Waals surface area (Å²) in [5.41, 5.74) is 6.13. The van der Waals surface area contributed by atoms with E-state index in [0.717, 1.165) is 45.0 Å². The van der Waals surface area contributed by atoms with E-state index in [1.165, 1.54) is 12.1 Å². The average molecular weight is 254 g/mol. The van der Waals surface area contributed by atoms with Crippen LogP contribution in [0.15, 0.2) is 18.2 Å². The summed E-state index contributed by atoms with van der Waals surface area (Å²) in [7, 11) is 0. The lowest BCUT2D eigenvalue weighted by molar-refractivity contribution is 0.172. The molecule has 1 aliphatic heterocycles. The number of halogens is 2. The van der Waals surface area contributed by atoms with Crippen molar-refractivity contribution in [2.45, 2.75) is 25.8 Å². The number of nitrogens with zero attached hydrogens (tertiary/aromatic N) is 1. The van der Waals surface area contributed by atoms with Gasteiger partial charge in [0.25, 0.3) is 0 Å². The van der Waals surface area contributed by atoms with Crippen LogP contribution < -0.4 is 5.73 Å². The molecule has 2 nitrogen and oxygen atoms in total. The molecular formula is C14H20F2N2. The number of hydrogen-bond donors (Lipinski definition) is 1. The van der Waals surface area contributed by atoms with Crippen molar-refractivity contribution in [3.63, 3.8) is 0 Å². The normalized spacial score (nSPS) is 18.2. The Morgan fingerprint density at radius 2 is 1.94 bits per heavy atom. The van der Waals surface area contributed by atoms with Gasteiger partial charge in [-0.3, -0.25) is 4.90 Å². The van der Waals surface area contributed by atoms with Gasteiger partial charge in [-0.25, -0.2) is 8.78 Å². The van der Waals surface area contributed by atoms with Crippen molar-refractivity contribution in [2.75, 3.05) is 19.6 Å². The second-order valence-corrected chi connectivity index (χ2v) is 5.03. The van der Waals surface area contributed by atoms with Gasteiger partial charge in [-0.15, -0.1) is 0 Å². The van der Waals surface area contributed by atoms with Gasteiger partial charge in [0, 0.05) is 18.2 Å². The van der Waals surface area contributed by atoms with E-state index in [1.807, 2.05) is 0 Å². The van der Waals surface area contributed by atoms with Crippen molar-refractivity contribution in [3.05, 3.63) is 35.4 Å². The predicted molar refractivity (Wildman–Crippen MR) is 68.0 cm³/mol. The largest absolute Gasteiger partial charge is 0.330 e. The zero-order chi connectivity index (χ0) is 13.0. The third-order valence-electron chi connectivity index (χ3n) is 3.69. The maximum Gasteiger partial charge on any atom is 0.130 e. The lowest BCUT2D eigenvalue weighted by Crippen LogP contribution is -2.34. The van der Waals surface area contributed by atoms with Crippen molar-refractivity contribution in [1.82, 2.24) is 4.90 Å². The van der Waals surface area contributed by atoms with Crippen LogP contribution in [0.2, 0.25) is 0 Å². The van der Waals surface area contributed by atoms with Crippen LogP contribution >= 0.6 is 0 Å². The Morgan fingerprint density at radius 3 is 2.56 bits per heavy atom. The Kier molecular flexibility index (Phi) is 4.66. The van der Waals surface area contributed by atoms with Crippen LogP contribution in [0.1, 0.15) is 24.8 Å². The zero-order valence-corrected chi connectivity index (χ0v) is 10.5. The summed E-state index contributed by atoms with van der Waals surface area (Å²) in [6, 6.07) is 3.81. The quantitative estimate of drug-likeness (QED) is 0.894. The minimum absolute atomic E-state index is 0.445. The number of likely N-dealkylation sites (tertiary alicyclic amines) is 1. The summed E-state index contributed by atoms with van der Waals surface area (Å²) in [5, 5.41) is 0. The fourth-order valence-electron chi connectivity index (χ4n) is 2.56. The first-order valence-corrected chi connectivity index (χ1v) is 6.55. The van der Waals surface area contributed by atoms with Crippen LogP contribution in [-0.4, -0.2) is 24.5 Å². The highest BCUT2D eigenvalue weighted by molar-refractivity contribution is 5.18. The molecule has 2 rings (SSSR count). The molecule has 0 radical (unpaired) electrons. The molecule has 1 aliphatic rings. The number of benzene rings is 1. The highest BCUT2D eigenvalue weighted by atomic mass is 19.1. The number of nitrogens with two attached hydrogens (primary N) is 1. The highest BCUT2D eigenvalue weighted by Crippen LogP contribution is 2.22. The molecule has 0 unspecified atom stereocenters. The monoisotopic (exact) mass is 254 g/mol. The molecule has 18 heavy (non-hydrogen) atoms. The molecule has 0 aromatic heterocycles. The summed E-state index contributed by atoms with van der Waals surface area (Å²) < 4.78 is 26.3. The Labute approximate surface area is 107 Å². The van der Waals surface area contributed by atoms with Crippen molar-refractivity contribution >= 4 is 0 Å². The molecule has 0 aliphatic carbocycles. The van der Waals surface area contributed by atoms with Crippen LogP contribution in [-0.2, 0) is 6.54 Å². The van der Waals surface area contributed by atoms with Gasteiger partial charge in [-0.2, -0.15) is 0 Å². The molecule has 0 spiro atoms. The van der Waals surface area contributed by atoms with Gasteiger partial charge in [-0.1, -0.05) is 6.07 Å². The van der Waals surface area contributed by atoms with Gasteiger partial charge in [0.1, 0.15) is 11.6 Å². The maximum atomic E-state index is 13.5. The van der Waals surface area contributed by atoms with E-state index in [9.17, 15) is 8.78 Å². The third-order valence-corrected chi connectivity index (χ3v) is 3.69. The van der Waals surface area contributed by atoms with Crippen LogP contribution in [0, 0.1) is 17.6 Å². The molecule has 4 heteroatoms. The Balaban J connectivity index is 1.87. The standard InChI is InChI=1S/C14H20F2N2/c15-13-2-1-12(14(16)9-13)10-18-7-4-11(3-6-17)5-8-18/h1-2,9,11H,3-8,10,17H2. The molecule has 0 amide bonds. The van der Waals surface area contributed by atoms with Gasteiger partial charge in [0.05, 0.1) is 0 Å². The Morgan fingerprint density at radius 1 is 1.22 bits per heavy atom. The van der Waals surface area contributed by atoms with E-state index >= 15 is 0 Å². The summed E-state index contributed by atoms with van der Waals surface area (Å²) in [5.74, 6) is -0.249. The zero-order valence-electron chi connectivity index (χ0n) is 10.5. The lowest BCUT2D eigenvalue weighted by atomic mass is 9.93. The molecule has 1 aromatic carbocycles. The maximum absolute atomic E-state index is 13.5. The topological polar surface area (TPSA) is 29.3 Å². The van der Waals surface area contributed by atoms with Gasteiger partial charge in [0.15, 0.2) is 0 Å². The fourth-order valence-corrected chi connectivity index (χ4v) is 2.56. The molecule has 1 heterocycles. The van der Waals surface area contributed by atoms with E-state index < -0.39 is 11.6 Å². The molecular weight excluding hydrogens is 234 g/mol. The second-order valence-electron chi connectivity index (χ2n) is 5.03. The smallest absolute Gasteiger partial charge is 0.130 e. The first-order valence-electron chi connectivity index (χ1n) is 6.55. The van der Waals surface area contributed by atoms with E-state index in [0.29, 0.717) is 18.0 Å². The van der Waals surface area contributed by atoms with E-state index in [2.05, 4.69) is 4.90 Å². The molecule has 1 saturated heterocycles. The Hall–Kier alpha value is -1.00. The number of rotatable bonds is 4. The van der Waals surface area contributed by atoms with Crippen LogP contribution in [0.4, 0.5) is 8.78 Å². The minimum Gasteiger partial charge on any atom is -0.330 e. The van der Waals surface area contributed by atoms with Crippen LogP contribution in [0.3, 0.4) is 0 Å². The van der Waals surface area contributed by atoms with Gasteiger partial charge < -0.3 is 5.73 Å². The average Bonchev–Trinajstić information content (AvgIpc) is 2.35. The summed E-state index contributed by atoms with van der Waals surface area (Å²) in [6.07, 6.45) is 3.33. The Bertz CT molecular complexity index is 387. The van der Waals surface area contributed by atoms with E-state index in [-0.39, 0.29) is 0 Å². The molecule has 0 atom stereocenters. The van der Waals surface area contributed by atoms with Crippen molar-refractivity contribution in [3.8, 4) is 0 Å². The molecule has 2 N–H and O–H groups in total. The molecule has 0 saturated carbocycles. The van der Waals surface area contributed by atoms with Crippen LogP contribution in [0.5, 0.6) is 0 Å². The van der Waals surface area contributed by atoms with E-state index in [1.54, 1.807) is 0 Å². The van der Waals surface area contributed by atoms with Crippen molar-refractivity contribution in [1.29, 1.82) is 0 Å². The SMILES string of the molecule is NCCC1CCN(Cc2ccc(F)cc2F)CC1. The van der Waals surface area contributed by atoms with Gasteiger partial charge in [0.2, 0.25) is 0 Å².